The molecule has 0 aliphatic rings. The highest BCUT2D eigenvalue weighted by Gasteiger charge is 2.11. The van der Waals surface area contributed by atoms with Gasteiger partial charge in [0.1, 0.15) is 12.4 Å². The normalized spacial score (nSPS) is 10.5. The minimum Gasteiger partial charge on any atom is -0.489 e. The molecule has 3 aromatic carbocycles. The van der Waals surface area contributed by atoms with Crippen molar-refractivity contribution in [2.45, 2.75) is 13.5 Å². The summed E-state index contributed by atoms with van der Waals surface area (Å²) in [5.41, 5.74) is 3.94. The third-order valence-corrected chi connectivity index (χ3v) is 4.66. The van der Waals surface area contributed by atoms with Crippen molar-refractivity contribution in [1.82, 2.24) is 10.2 Å². The molecule has 0 atom stereocenters. The summed E-state index contributed by atoms with van der Waals surface area (Å²) in [7, 11) is 0. The van der Waals surface area contributed by atoms with Gasteiger partial charge < -0.3 is 14.5 Å². The van der Waals surface area contributed by atoms with Crippen LogP contribution in [0.1, 0.15) is 11.1 Å². The number of carbonyl (C=O) groups excluding carboxylic acids is 1. The number of hydrogen-bond donors (Lipinski definition) is 2. The Kier molecular flexibility index (Phi) is 6.23. The van der Waals surface area contributed by atoms with Crippen molar-refractivity contribution < 1.29 is 13.9 Å². The van der Waals surface area contributed by atoms with Crippen LogP contribution < -0.4 is 15.4 Å². The molecule has 31 heavy (non-hydrogen) atoms. The molecule has 0 saturated heterocycles. The molecular weight excluding hydrogens is 392 g/mol. The van der Waals surface area contributed by atoms with E-state index in [2.05, 4.69) is 39.9 Å². The van der Waals surface area contributed by atoms with Crippen LogP contribution in [0.25, 0.3) is 11.5 Å². The molecule has 156 valence electrons. The Hall–Kier alpha value is -4.13. The molecule has 7 nitrogen and oxygen atoms in total. The Morgan fingerprint density at radius 3 is 2.45 bits per heavy atom. The number of amides is 1. The van der Waals surface area contributed by atoms with Crippen LogP contribution in [0.5, 0.6) is 5.75 Å². The van der Waals surface area contributed by atoms with E-state index in [0.29, 0.717) is 12.5 Å². The highest BCUT2D eigenvalue weighted by Crippen LogP contribution is 2.20. The molecule has 7 heteroatoms. The second-order valence-electron chi connectivity index (χ2n) is 6.92. The number of carbonyl (C=O) groups is 1. The molecule has 2 N–H and O–H groups in total. The van der Waals surface area contributed by atoms with Crippen molar-refractivity contribution in [1.29, 1.82) is 0 Å². The summed E-state index contributed by atoms with van der Waals surface area (Å²) in [6.07, 6.45) is 0. The summed E-state index contributed by atoms with van der Waals surface area (Å²) in [4.78, 5) is 12.2. The summed E-state index contributed by atoms with van der Waals surface area (Å²) in [5, 5.41) is 13.5. The Morgan fingerprint density at radius 2 is 1.68 bits per heavy atom. The van der Waals surface area contributed by atoms with E-state index in [0.717, 1.165) is 22.6 Å². The maximum atomic E-state index is 12.2. The molecule has 1 heterocycles. The number of nitrogens with zero attached hydrogens (tertiary/aromatic N) is 2. The molecule has 0 unspecified atom stereocenters. The zero-order valence-corrected chi connectivity index (χ0v) is 17.0. The van der Waals surface area contributed by atoms with Gasteiger partial charge >= 0.3 is 6.01 Å². The van der Waals surface area contributed by atoms with Gasteiger partial charge in [-0.1, -0.05) is 47.6 Å². The number of aromatic nitrogens is 2. The Labute approximate surface area is 180 Å². The van der Waals surface area contributed by atoms with Crippen LogP contribution >= 0.6 is 0 Å². The van der Waals surface area contributed by atoms with Gasteiger partial charge in [0.25, 0.3) is 0 Å². The summed E-state index contributed by atoms with van der Waals surface area (Å²) in [6.45, 7) is 2.64. The largest absolute Gasteiger partial charge is 0.489 e. The first-order valence-corrected chi connectivity index (χ1v) is 9.87. The van der Waals surface area contributed by atoms with Crippen LogP contribution in [0, 0.1) is 6.92 Å². The van der Waals surface area contributed by atoms with Gasteiger partial charge in [0.15, 0.2) is 0 Å². The van der Waals surface area contributed by atoms with Gasteiger partial charge in [0.05, 0.1) is 6.54 Å². The highest BCUT2D eigenvalue weighted by atomic mass is 16.5. The summed E-state index contributed by atoms with van der Waals surface area (Å²) in [6, 6.07) is 25.0. The average Bonchev–Trinajstić information content (AvgIpc) is 3.27. The van der Waals surface area contributed by atoms with Gasteiger partial charge in [0, 0.05) is 11.3 Å². The topological polar surface area (TPSA) is 89.3 Å². The Morgan fingerprint density at radius 1 is 0.935 bits per heavy atom. The van der Waals surface area contributed by atoms with E-state index in [1.807, 2.05) is 66.7 Å². The van der Waals surface area contributed by atoms with Gasteiger partial charge in [-0.2, -0.15) is 0 Å². The fraction of sp³-hybridized carbons (Fsp3) is 0.125. The molecule has 0 saturated carbocycles. The standard InChI is InChI=1S/C24H22N4O3/c1-17-7-5-6-10-19(17)16-30-21-13-11-20(12-14-21)25-15-22(29)26-24-28-27-23(31-24)18-8-3-2-4-9-18/h2-14,25H,15-16H2,1H3,(H,26,28,29). The second-order valence-corrected chi connectivity index (χ2v) is 6.92. The van der Waals surface area contributed by atoms with Gasteiger partial charge in [-0.25, -0.2) is 0 Å². The number of nitrogens with one attached hydrogen (secondary N) is 2. The van der Waals surface area contributed by atoms with Crippen molar-refractivity contribution in [2.24, 2.45) is 0 Å². The number of rotatable bonds is 8. The third-order valence-electron chi connectivity index (χ3n) is 4.66. The van der Waals surface area contributed by atoms with Crippen LogP contribution in [0.4, 0.5) is 11.7 Å². The number of hydrogen-bond acceptors (Lipinski definition) is 6. The Balaban J connectivity index is 1.25. The van der Waals surface area contributed by atoms with Crippen molar-refractivity contribution in [3.05, 3.63) is 90.0 Å². The van der Waals surface area contributed by atoms with Crippen molar-refractivity contribution in [2.75, 3.05) is 17.2 Å². The molecule has 4 rings (SSSR count). The van der Waals surface area contributed by atoms with Crippen LogP contribution in [0.3, 0.4) is 0 Å². The van der Waals surface area contributed by atoms with E-state index in [1.54, 1.807) is 0 Å². The minimum absolute atomic E-state index is 0.0607. The molecule has 0 spiro atoms. The molecule has 1 amide bonds. The lowest BCUT2D eigenvalue weighted by Crippen LogP contribution is -2.21. The fourth-order valence-electron chi connectivity index (χ4n) is 2.92. The average molecular weight is 414 g/mol. The lowest BCUT2D eigenvalue weighted by Gasteiger charge is -2.10. The molecule has 1 aromatic heterocycles. The maximum absolute atomic E-state index is 12.2. The second kappa shape index (κ2) is 9.58. The van der Waals surface area contributed by atoms with Gasteiger partial charge in [-0.05, 0) is 54.4 Å². The molecule has 0 radical (unpaired) electrons. The smallest absolute Gasteiger partial charge is 0.322 e. The molecule has 0 fully saturated rings. The van der Waals surface area contributed by atoms with Gasteiger partial charge in [-0.15, -0.1) is 5.10 Å². The van der Waals surface area contributed by atoms with E-state index < -0.39 is 0 Å². The third kappa shape index (κ3) is 5.48. The van der Waals surface area contributed by atoms with E-state index in [9.17, 15) is 4.79 Å². The van der Waals surface area contributed by atoms with E-state index in [-0.39, 0.29) is 18.5 Å². The summed E-state index contributed by atoms with van der Waals surface area (Å²) in [5.74, 6) is 0.825. The molecule has 4 aromatic rings. The number of benzene rings is 3. The van der Waals surface area contributed by atoms with Crippen LogP contribution in [0.2, 0.25) is 0 Å². The molecule has 0 bridgehead atoms. The monoisotopic (exact) mass is 414 g/mol. The Bertz CT molecular complexity index is 1140. The van der Waals surface area contributed by atoms with Crippen molar-refractivity contribution in [3.8, 4) is 17.2 Å². The molecular formula is C24H22N4O3. The van der Waals surface area contributed by atoms with Gasteiger partial charge in [-0.3, -0.25) is 10.1 Å². The minimum atomic E-state index is -0.289. The van der Waals surface area contributed by atoms with E-state index in [4.69, 9.17) is 9.15 Å². The van der Waals surface area contributed by atoms with Crippen LogP contribution in [0.15, 0.2) is 83.3 Å². The SMILES string of the molecule is Cc1ccccc1COc1ccc(NCC(=O)Nc2nnc(-c3ccccc3)o2)cc1. The maximum Gasteiger partial charge on any atom is 0.322 e. The lowest BCUT2D eigenvalue weighted by atomic mass is 10.1. The number of ether oxygens (including phenoxy) is 1. The quantitative estimate of drug-likeness (QED) is 0.435. The lowest BCUT2D eigenvalue weighted by molar-refractivity contribution is -0.114. The highest BCUT2D eigenvalue weighted by molar-refractivity contribution is 5.91. The molecule has 0 aliphatic heterocycles. The predicted molar refractivity (Wildman–Crippen MR) is 119 cm³/mol. The summed E-state index contributed by atoms with van der Waals surface area (Å²) < 4.78 is 11.3. The van der Waals surface area contributed by atoms with Crippen LogP contribution in [-0.2, 0) is 11.4 Å². The van der Waals surface area contributed by atoms with Gasteiger partial charge in [0.2, 0.25) is 11.8 Å². The zero-order valence-electron chi connectivity index (χ0n) is 17.0. The van der Waals surface area contributed by atoms with Crippen LogP contribution in [-0.4, -0.2) is 22.6 Å². The zero-order chi connectivity index (χ0) is 21.5. The van der Waals surface area contributed by atoms with Crippen molar-refractivity contribution >= 4 is 17.6 Å². The number of anilines is 2. The molecule has 0 aliphatic carbocycles. The predicted octanol–water partition coefficient (Wildman–Crippen LogP) is 4.67. The summed E-state index contributed by atoms with van der Waals surface area (Å²) >= 11 is 0. The first kappa shape index (κ1) is 20.2. The number of aryl methyl sites for hydroxylation is 1. The first-order chi connectivity index (χ1) is 15.2. The fourth-order valence-corrected chi connectivity index (χ4v) is 2.92. The van der Waals surface area contributed by atoms with E-state index in [1.165, 1.54) is 5.56 Å². The first-order valence-electron chi connectivity index (χ1n) is 9.87. The van der Waals surface area contributed by atoms with E-state index >= 15 is 0 Å². The van der Waals surface area contributed by atoms with Crippen molar-refractivity contribution in [3.63, 3.8) is 0 Å².